The van der Waals surface area contributed by atoms with Crippen molar-refractivity contribution in [3.8, 4) is 5.75 Å². The van der Waals surface area contributed by atoms with Crippen LogP contribution in [0.2, 0.25) is 0 Å². The molecule has 0 aliphatic carbocycles. The van der Waals surface area contributed by atoms with E-state index in [9.17, 15) is 4.79 Å². The second-order valence-corrected chi connectivity index (χ2v) is 11.2. The Labute approximate surface area is 269 Å². The van der Waals surface area contributed by atoms with Crippen LogP contribution >= 0.6 is 0 Å². The second kappa shape index (κ2) is 14.7. The van der Waals surface area contributed by atoms with E-state index >= 15 is 0 Å². The van der Waals surface area contributed by atoms with Gasteiger partial charge in [0.2, 0.25) is 5.90 Å². The van der Waals surface area contributed by atoms with Gasteiger partial charge in [-0.25, -0.2) is 10.4 Å². The van der Waals surface area contributed by atoms with Gasteiger partial charge in [-0.3, -0.25) is 10.2 Å². The zero-order valence-corrected chi connectivity index (χ0v) is 25.5. The fourth-order valence-electron chi connectivity index (χ4n) is 5.66. The predicted octanol–water partition coefficient (Wildman–Crippen LogP) is 6.78. The summed E-state index contributed by atoms with van der Waals surface area (Å²) in [6, 6.07) is 41.5. The third-order valence-electron chi connectivity index (χ3n) is 8.03. The fraction of sp³-hybridized carbons (Fsp3) is 0.179. The minimum atomic E-state index is -1.30. The van der Waals surface area contributed by atoms with Gasteiger partial charge in [0.05, 0.1) is 6.61 Å². The van der Waals surface area contributed by atoms with E-state index < -0.39 is 11.6 Å². The molecule has 7 heteroatoms. The predicted molar refractivity (Wildman–Crippen MR) is 182 cm³/mol. The Morgan fingerprint density at radius 3 is 2.37 bits per heavy atom. The van der Waals surface area contributed by atoms with Crippen LogP contribution in [0.5, 0.6) is 5.75 Å². The summed E-state index contributed by atoms with van der Waals surface area (Å²) in [5.74, 6) is 0.772. The molecule has 6 rings (SSSR count). The van der Waals surface area contributed by atoms with E-state index in [0.29, 0.717) is 37.6 Å². The van der Waals surface area contributed by atoms with Gasteiger partial charge in [0.15, 0.2) is 11.6 Å². The van der Waals surface area contributed by atoms with Crippen molar-refractivity contribution in [1.29, 1.82) is 0 Å². The SMILES string of the molecule is O=C(NNCc1cccc2ccccc12)[C@@]1(C/C=C/c2ccccc2)N=C(c2ccc(OCCCO)cc2)O[C@H]1c1ccccc1. The molecule has 3 N–H and O–H groups in total. The zero-order valence-electron chi connectivity index (χ0n) is 25.5. The highest BCUT2D eigenvalue weighted by atomic mass is 16.5. The van der Waals surface area contributed by atoms with Crippen molar-refractivity contribution in [2.45, 2.75) is 31.0 Å². The number of amides is 1. The van der Waals surface area contributed by atoms with E-state index in [4.69, 9.17) is 19.6 Å². The lowest BCUT2D eigenvalue weighted by atomic mass is 9.84. The van der Waals surface area contributed by atoms with Crippen LogP contribution in [-0.4, -0.2) is 35.7 Å². The molecule has 5 aromatic rings. The van der Waals surface area contributed by atoms with Gasteiger partial charge in [-0.1, -0.05) is 115 Å². The average Bonchev–Trinajstić information content (AvgIpc) is 3.50. The van der Waals surface area contributed by atoms with Crippen LogP contribution in [0.4, 0.5) is 0 Å². The molecule has 7 nitrogen and oxygen atoms in total. The van der Waals surface area contributed by atoms with Crippen LogP contribution in [0.25, 0.3) is 16.8 Å². The average molecular weight is 612 g/mol. The topological polar surface area (TPSA) is 92.2 Å². The summed E-state index contributed by atoms with van der Waals surface area (Å²) in [5.41, 5.74) is 8.55. The summed E-state index contributed by atoms with van der Waals surface area (Å²) in [4.78, 5) is 19.5. The molecule has 0 fully saturated rings. The number of hydrogen-bond donors (Lipinski definition) is 3. The molecular weight excluding hydrogens is 574 g/mol. The Hall–Kier alpha value is -5.24. The van der Waals surface area contributed by atoms with Gasteiger partial charge in [0.1, 0.15) is 5.75 Å². The lowest BCUT2D eigenvalue weighted by Crippen LogP contribution is -2.52. The number of benzene rings is 5. The lowest BCUT2D eigenvalue weighted by Gasteiger charge is -2.30. The molecule has 0 bridgehead atoms. The van der Waals surface area contributed by atoms with Gasteiger partial charge >= 0.3 is 0 Å². The van der Waals surface area contributed by atoms with Crippen LogP contribution in [-0.2, 0) is 16.1 Å². The van der Waals surface area contributed by atoms with Crippen LogP contribution < -0.4 is 15.6 Å². The van der Waals surface area contributed by atoms with E-state index in [2.05, 4.69) is 35.1 Å². The molecule has 232 valence electrons. The first-order valence-corrected chi connectivity index (χ1v) is 15.5. The molecule has 2 atom stereocenters. The maximum absolute atomic E-state index is 14.4. The van der Waals surface area contributed by atoms with Crippen molar-refractivity contribution in [3.05, 3.63) is 156 Å². The largest absolute Gasteiger partial charge is 0.494 e. The fourth-order valence-corrected chi connectivity index (χ4v) is 5.66. The van der Waals surface area contributed by atoms with Crippen molar-refractivity contribution >= 4 is 28.7 Å². The van der Waals surface area contributed by atoms with Crippen molar-refractivity contribution < 1.29 is 19.4 Å². The summed E-state index contributed by atoms with van der Waals surface area (Å²) in [6.07, 6.45) is 4.17. The number of aliphatic imine (C=N–C) groups is 1. The molecule has 0 radical (unpaired) electrons. The first kappa shape index (κ1) is 30.8. The molecule has 46 heavy (non-hydrogen) atoms. The Balaban J connectivity index is 1.32. The molecule has 5 aromatic carbocycles. The first-order valence-electron chi connectivity index (χ1n) is 15.5. The molecule has 0 unspecified atom stereocenters. The molecule has 0 aromatic heterocycles. The summed E-state index contributed by atoms with van der Waals surface area (Å²) >= 11 is 0. The summed E-state index contributed by atoms with van der Waals surface area (Å²) in [5, 5.41) is 11.3. The number of hydrogen-bond acceptors (Lipinski definition) is 6. The van der Waals surface area contributed by atoms with Gasteiger partial charge in [-0.15, -0.1) is 0 Å². The maximum atomic E-state index is 14.4. The number of aliphatic hydroxyl groups excluding tert-OH is 1. The Bertz CT molecular complexity index is 1800. The lowest BCUT2D eigenvalue weighted by molar-refractivity contribution is -0.129. The van der Waals surface area contributed by atoms with Crippen molar-refractivity contribution in [3.63, 3.8) is 0 Å². The van der Waals surface area contributed by atoms with Crippen LogP contribution in [0, 0.1) is 0 Å². The standard InChI is InChI=1S/C39H37N3O4/c43-26-11-27-45-34-23-21-32(22-24-34)37-41-39(25-10-14-29-12-3-1-4-13-29,36(46-37)31-16-5-2-6-17-31)38(44)42-40-28-33-19-9-18-30-15-7-8-20-35(30)33/h1-10,12-24,36,40,43H,11,25-28H2,(H,42,44)/b14-10+/t36-,39-/m0/s1. The minimum Gasteiger partial charge on any atom is -0.494 e. The van der Waals surface area contributed by atoms with E-state index in [1.807, 2.05) is 115 Å². The van der Waals surface area contributed by atoms with Crippen molar-refractivity contribution in [1.82, 2.24) is 10.9 Å². The smallest absolute Gasteiger partial charge is 0.266 e. The molecular formula is C39H37N3O4. The Morgan fingerprint density at radius 1 is 0.870 bits per heavy atom. The highest BCUT2D eigenvalue weighted by Gasteiger charge is 2.52. The number of nitrogens with zero attached hydrogens (tertiary/aromatic N) is 1. The highest BCUT2D eigenvalue weighted by Crippen LogP contribution is 2.43. The minimum absolute atomic E-state index is 0.0727. The van der Waals surface area contributed by atoms with Gasteiger partial charge in [0, 0.05) is 31.6 Å². The number of ether oxygens (including phenoxy) is 2. The molecule has 1 heterocycles. The summed E-state index contributed by atoms with van der Waals surface area (Å²) < 4.78 is 12.3. The van der Waals surface area contributed by atoms with Crippen LogP contribution in [0.3, 0.4) is 0 Å². The third-order valence-corrected chi connectivity index (χ3v) is 8.03. The molecule has 0 saturated carbocycles. The van der Waals surface area contributed by atoms with E-state index in [-0.39, 0.29) is 12.5 Å². The van der Waals surface area contributed by atoms with Crippen molar-refractivity contribution in [2.75, 3.05) is 13.2 Å². The van der Waals surface area contributed by atoms with E-state index in [1.54, 1.807) is 0 Å². The van der Waals surface area contributed by atoms with Gasteiger partial charge in [0.25, 0.3) is 5.91 Å². The summed E-state index contributed by atoms with van der Waals surface area (Å²) in [7, 11) is 0. The molecule has 0 saturated heterocycles. The molecule has 1 amide bonds. The monoisotopic (exact) mass is 611 g/mol. The molecule has 1 aliphatic heterocycles. The van der Waals surface area contributed by atoms with Gasteiger partial charge < -0.3 is 14.6 Å². The van der Waals surface area contributed by atoms with E-state index in [1.165, 1.54) is 0 Å². The number of carbonyl (C=O) groups excluding carboxylic acids is 1. The first-order chi connectivity index (χ1) is 22.7. The number of hydrazine groups is 1. The summed E-state index contributed by atoms with van der Waals surface area (Å²) in [6.45, 7) is 0.934. The van der Waals surface area contributed by atoms with Crippen molar-refractivity contribution in [2.24, 2.45) is 4.99 Å². The number of aliphatic hydroxyl groups is 1. The zero-order chi connectivity index (χ0) is 31.6. The molecule has 1 aliphatic rings. The second-order valence-electron chi connectivity index (χ2n) is 11.2. The highest BCUT2D eigenvalue weighted by molar-refractivity contribution is 6.01. The molecule has 0 spiro atoms. The third kappa shape index (κ3) is 7.01. The number of nitrogens with one attached hydrogen (secondary N) is 2. The van der Waals surface area contributed by atoms with E-state index in [0.717, 1.165) is 33.0 Å². The number of carbonyl (C=O) groups is 1. The van der Waals surface area contributed by atoms with Gasteiger partial charge in [-0.2, -0.15) is 0 Å². The number of fused-ring (bicyclic) bond motifs is 1. The van der Waals surface area contributed by atoms with Crippen LogP contribution in [0.15, 0.2) is 138 Å². The maximum Gasteiger partial charge on any atom is 0.266 e. The number of rotatable bonds is 13. The van der Waals surface area contributed by atoms with Crippen LogP contribution in [0.1, 0.15) is 41.2 Å². The Morgan fingerprint density at radius 2 is 1.59 bits per heavy atom. The quantitative estimate of drug-likeness (QED) is 0.101. The Kier molecular flexibility index (Phi) is 9.83. The normalized spacial score (nSPS) is 17.5. The van der Waals surface area contributed by atoms with Gasteiger partial charge in [-0.05, 0) is 51.7 Å².